The predicted octanol–water partition coefficient (Wildman–Crippen LogP) is 5.75. The molecule has 3 aliphatic carbocycles. The number of rotatable bonds is 6. The van der Waals surface area contributed by atoms with E-state index in [4.69, 9.17) is 0 Å². The van der Waals surface area contributed by atoms with Gasteiger partial charge in [-0.05, 0) is 87.5 Å². The molecule has 0 aromatic heterocycles. The molecule has 0 aromatic carbocycles. The molecule has 3 rings (SSSR count). The monoisotopic (exact) mass is 402 g/mol. The van der Waals surface area contributed by atoms with Gasteiger partial charge in [-0.3, -0.25) is 4.79 Å². The lowest BCUT2D eigenvalue weighted by atomic mass is 9.60. The van der Waals surface area contributed by atoms with E-state index >= 15 is 0 Å². The molecule has 0 aromatic rings. The topological polar surface area (TPSA) is 57.5 Å². The van der Waals surface area contributed by atoms with Crippen molar-refractivity contribution >= 4 is 5.78 Å². The minimum absolute atomic E-state index is 0.218. The zero-order valence-electron chi connectivity index (χ0n) is 19.0. The molecule has 0 amide bonds. The normalized spacial score (nSPS) is 37.2. The van der Waals surface area contributed by atoms with Crippen LogP contribution in [0.1, 0.15) is 98.3 Å². The third-order valence-corrected chi connectivity index (χ3v) is 8.19. The van der Waals surface area contributed by atoms with Gasteiger partial charge < -0.3 is 10.2 Å². The van der Waals surface area contributed by atoms with Crippen LogP contribution < -0.4 is 0 Å². The van der Waals surface area contributed by atoms with Gasteiger partial charge in [0.2, 0.25) is 0 Å². The summed E-state index contributed by atoms with van der Waals surface area (Å²) in [5.74, 6) is 2.30. The number of Topliss-reactive ketones (excluding diaryl/α,β-unsaturated/α-hetero) is 1. The highest BCUT2D eigenvalue weighted by Crippen LogP contribution is 2.59. The van der Waals surface area contributed by atoms with Gasteiger partial charge in [0, 0.05) is 12.8 Å². The van der Waals surface area contributed by atoms with Gasteiger partial charge in [0.1, 0.15) is 0 Å². The zero-order valence-corrected chi connectivity index (χ0v) is 19.0. The molecule has 0 aliphatic heterocycles. The van der Waals surface area contributed by atoms with Crippen molar-refractivity contribution in [3.63, 3.8) is 0 Å². The molecule has 0 saturated heterocycles. The Bertz CT molecular complexity index is 653. The Labute approximate surface area is 177 Å². The molecule has 3 saturated carbocycles. The molecule has 164 valence electrons. The molecular formula is C26H42O3. The van der Waals surface area contributed by atoms with Gasteiger partial charge in [0.05, 0.1) is 11.7 Å². The highest BCUT2D eigenvalue weighted by Gasteiger charge is 2.50. The number of hydrogen-bond donors (Lipinski definition) is 2. The molecule has 0 spiro atoms. The van der Waals surface area contributed by atoms with E-state index in [9.17, 15) is 15.0 Å². The molecule has 5 atom stereocenters. The largest absolute Gasteiger partial charge is 0.393 e. The number of fused-ring (bicyclic) bond motifs is 1. The number of ketones is 1. The van der Waals surface area contributed by atoms with Crippen LogP contribution in [0.3, 0.4) is 0 Å². The van der Waals surface area contributed by atoms with Crippen molar-refractivity contribution in [1.29, 1.82) is 0 Å². The first-order valence-corrected chi connectivity index (χ1v) is 11.9. The zero-order chi connectivity index (χ0) is 21.2. The second-order valence-electron chi connectivity index (χ2n) is 11.0. The van der Waals surface area contributed by atoms with Crippen molar-refractivity contribution in [2.24, 2.45) is 23.2 Å². The molecule has 3 heteroatoms. The molecule has 0 heterocycles. The van der Waals surface area contributed by atoms with Crippen LogP contribution in [0.5, 0.6) is 0 Å². The van der Waals surface area contributed by atoms with E-state index in [1.165, 1.54) is 37.7 Å². The average molecular weight is 403 g/mol. The summed E-state index contributed by atoms with van der Waals surface area (Å²) in [7, 11) is 0. The molecule has 2 N–H and O–H groups in total. The summed E-state index contributed by atoms with van der Waals surface area (Å²) < 4.78 is 0. The molecule has 3 nitrogen and oxygen atoms in total. The fourth-order valence-electron chi connectivity index (χ4n) is 6.57. The summed E-state index contributed by atoms with van der Waals surface area (Å²) in [5, 5.41) is 19.9. The van der Waals surface area contributed by atoms with E-state index in [0.717, 1.165) is 30.8 Å². The molecule has 3 fully saturated rings. The Hall–Kier alpha value is -0.930. The maximum absolute atomic E-state index is 12.2. The lowest BCUT2D eigenvalue weighted by Gasteiger charge is -2.44. The van der Waals surface area contributed by atoms with E-state index in [0.29, 0.717) is 36.5 Å². The SMILES string of the molecule is CC(CCCC(C)(C)O)C1CCC2/C(=C\C=C3/C[C@@H](O)CCC3=O)CCCC21C. The fourth-order valence-corrected chi connectivity index (χ4v) is 6.57. The van der Waals surface area contributed by atoms with Gasteiger partial charge in [-0.25, -0.2) is 0 Å². The Balaban J connectivity index is 1.68. The molecule has 29 heavy (non-hydrogen) atoms. The van der Waals surface area contributed by atoms with Crippen molar-refractivity contribution < 1.29 is 15.0 Å². The molecular weight excluding hydrogens is 360 g/mol. The van der Waals surface area contributed by atoms with Gasteiger partial charge in [0.15, 0.2) is 5.78 Å². The smallest absolute Gasteiger partial charge is 0.159 e. The van der Waals surface area contributed by atoms with E-state index in [-0.39, 0.29) is 11.9 Å². The van der Waals surface area contributed by atoms with Crippen molar-refractivity contribution in [3.05, 3.63) is 23.3 Å². The van der Waals surface area contributed by atoms with E-state index in [2.05, 4.69) is 19.9 Å². The first-order chi connectivity index (χ1) is 13.6. The van der Waals surface area contributed by atoms with Gasteiger partial charge in [-0.2, -0.15) is 0 Å². The third kappa shape index (κ3) is 5.41. The van der Waals surface area contributed by atoms with Crippen LogP contribution in [-0.2, 0) is 4.79 Å². The van der Waals surface area contributed by atoms with Crippen molar-refractivity contribution in [2.45, 2.75) is 110 Å². The summed E-state index contributed by atoms with van der Waals surface area (Å²) >= 11 is 0. The van der Waals surface area contributed by atoms with E-state index < -0.39 is 5.60 Å². The van der Waals surface area contributed by atoms with E-state index in [1.54, 1.807) is 0 Å². The lowest BCUT2D eigenvalue weighted by molar-refractivity contribution is -0.117. The van der Waals surface area contributed by atoms with Gasteiger partial charge in [0.25, 0.3) is 0 Å². The van der Waals surface area contributed by atoms with Gasteiger partial charge in [-0.15, -0.1) is 0 Å². The van der Waals surface area contributed by atoms with Crippen LogP contribution in [0.4, 0.5) is 0 Å². The van der Waals surface area contributed by atoms with E-state index in [1.807, 2.05) is 19.9 Å². The number of aliphatic hydroxyl groups excluding tert-OH is 1. The second-order valence-corrected chi connectivity index (χ2v) is 11.0. The Morgan fingerprint density at radius 2 is 1.97 bits per heavy atom. The Morgan fingerprint density at radius 3 is 2.69 bits per heavy atom. The summed E-state index contributed by atoms with van der Waals surface area (Å²) in [6, 6.07) is 0. The summed E-state index contributed by atoms with van der Waals surface area (Å²) in [4.78, 5) is 12.2. The number of hydrogen-bond acceptors (Lipinski definition) is 3. The summed E-state index contributed by atoms with van der Waals surface area (Å²) in [6.45, 7) is 8.75. The maximum Gasteiger partial charge on any atom is 0.159 e. The van der Waals surface area contributed by atoms with Gasteiger partial charge >= 0.3 is 0 Å². The molecule has 0 bridgehead atoms. The van der Waals surface area contributed by atoms with Gasteiger partial charge in [-0.1, -0.05) is 44.4 Å². The van der Waals surface area contributed by atoms with Crippen molar-refractivity contribution in [3.8, 4) is 0 Å². The highest BCUT2D eigenvalue weighted by atomic mass is 16.3. The Morgan fingerprint density at radius 1 is 1.21 bits per heavy atom. The maximum atomic E-state index is 12.2. The Kier molecular flexibility index (Phi) is 7.10. The average Bonchev–Trinajstić information content (AvgIpc) is 2.99. The molecule has 4 unspecified atom stereocenters. The summed E-state index contributed by atoms with van der Waals surface area (Å²) in [6.07, 6.45) is 15.0. The highest BCUT2D eigenvalue weighted by molar-refractivity contribution is 5.96. The minimum atomic E-state index is -0.555. The van der Waals surface area contributed by atoms with Crippen molar-refractivity contribution in [2.75, 3.05) is 0 Å². The fraction of sp³-hybridized carbons (Fsp3) is 0.808. The van der Waals surface area contributed by atoms with Crippen LogP contribution in [0, 0.1) is 23.2 Å². The number of carbonyl (C=O) groups is 1. The second kappa shape index (κ2) is 9.06. The standard InChI is InChI=1S/C26H42O3/c1-18(7-5-15-25(2,3)29)22-12-13-23-19(8-6-16-26(22,23)4)9-10-20-17-21(27)11-14-24(20)28/h9-10,18,21-23,27,29H,5-8,11-17H2,1-4H3/b19-9-,20-10+/t18?,21-,22?,23?,26?/m0/s1. The van der Waals surface area contributed by atoms with Crippen LogP contribution in [0.2, 0.25) is 0 Å². The van der Waals surface area contributed by atoms with Crippen LogP contribution in [0.25, 0.3) is 0 Å². The molecule has 3 aliphatic rings. The number of allylic oxidation sites excluding steroid dienone is 3. The number of carbonyl (C=O) groups excluding carboxylic acids is 1. The van der Waals surface area contributed by atoms with Crippen molar-refractivity contribution in [1.82, 2.24) is 0 Å². The third-order valence-electron chi connectivity index (χ3n) is 8.19. The first kappa shape index (κ1) is 22.7. The minimum Gasteiger partial charge on any atom is -0.393 e. The number of aliphatic hydroxyl groups is 2. The van der Waals surface area contributed by atoms with Crippen LogP contribution in [0.15, 0.2) is 23.3 Å². The first-order valence-electron chi connectivity index (χ1n) is 11.9. The quantitative estimate of drug-likeness (QED) is 0.556. The summed E-state index contributed by atoms with van der Waals surface area (Å²) in [5.41, 5.74) is 2.16. The van der Waals surface area contributed by atoms with Crippen LogP contribution in [-0.4, -0.2) is 27.7 Å². The lowest BCUT2D eigenvalue weighted by Crippen LogP contribution is -2.36. The molecule has 0 radical (unpaired) electrons. The predicted molar refractivity (Wildman–Crippen MR) is 119 cm³/mol. The van der Waals surface area contributed by atoms with Crippen LogP contribution >= 0.6 is 0 Å².